The molecule has 0 aliphatic rings. The maximum atomic E-state index is 10.4. The van der Waals surface area contributed by atoms with Crippen LogP contribution in [0.1, 0.15) is 18.0 Å². The molecule has 0 aliphatic heterocycles. The number of carboxylic acid groups (broad SMARTS) is 1. The molecule has 15 heavy (non-hydrogen) atoms. The Kier molecular flexibility index (Phi) is 3.01. The van der Waals surface area contributed by atoms with Gasteiger partial charge in [-0.05, 0) is 0 Å². The Balaban J connectivity index is 3.08. The lowest BCUT2D eigenvalue weighted by molar-refractivity contribution is -0.137. The second-order valence-corrected chi connectivity index (χ2v) is 3.10. The molecule has 6 N–H and O–H groups in total. The zero-order valence-electron chi connectivity index (χ0n) is 7.71. The van der Waals surface area contributed by atoms with Crippen LogP contribution in [0.25, 0.3) is 0 Å². The van der Waals surface area contributed by atoms with E-state index in [2.05, 4.69) is 0 Å². The molecular weight excluding hydrogens is 202 g/mol. The minimum atomic E-state index is -1.14. The third kappa shape index (κ3) is 2.50. The highest BCUT2D eigenvalue weighted by molar-refractivity contribution is 5.68. The van der Waals surface area contributed by atoms with Gasteiger partial charge in [0.2, 0.25) is 0 Å². The maximum Gasteiger partial charge on any atom is 0.305 e. The molecule has 82 valence electrons. The average Bonchev–Trinajstić information content (AvgIpc) is 1.99. The molecule has 0 saturated heterocycles. The van der Waals surface area contributed by atoms with Crippen LogP contribution in [0.3, 0.4) is 0 Å². The van der Waals surface area contributed by atoms with Crippen LogP contribution < -0.4 is 5.73 Å². The van der Waals surface area contributed by atoms with Crippen molar-refractivity contribution < 1.29 is 25.2 Å². The lowest BCUT2D eigenvalue weighted by Crippen LogP contribution is -2.15. The molecule has 0 fully saturated rings. The van der Waals surface area contributed by atoms with Gasteiger partial charge in [0.1, 0.15) is 17.2 Å². The van der Waals surface area contributed by atoms with E-state index in [4.69, 9.17) is 15.9 Å². The summed E-state index contributed by atoms with van der Waals surface area (Å²) in [6.07, 6.45) is -0.425. The molecule has 6 heteroatoms. The van der Waals surface area contributed by atoms with E-state index < -0.39 is 29.9 Å². The molecule has 0 radical (unpaired) electrons. The molecule has 1 unspecified atom stereocenters. The maximum absolute atomic E-state index is 10.4. The van der Waals surface area contributed by atoms with Gasteiger partial charge in [0.15, 0.2) is 0 Å². The van der Waals surface area contributed by atoms with Crippen molar-refractivity contribution in [2.45, 2.75) is 12.5 Å². The highest BCUT2D eigenvalue weighted by Gasteiger charge is 2.19. The van der Waals surface area contributed by atoms with Gasteiger partial charge >= 0.3 is 5.97 Å². The number of carboxylic acids is 1. The van der Waals surface area contributed by atoms with Crippen molar-refractivity contribution >= 4 is 5.97 Å². The molecule has 6 nitrogen and oxygen atoms in total. The summed E-state index contributed by atoms with van der Waals surface area (Å²) in [7, 11) is 0. The number of aromatic hydroxyl groups is 3. The first-order chi connectivity index (χ1) is 6.91. The first-order valence-electron chi connectivity index (χ1n) is 4.14. The Bertz CT molecular complexity index is 367. The van der Waals surface area contributed by atoms with E-state index in [1.54, 1.807) is 0 Å². The lowest BCUT2D eigenvalue weighted by atomic mass is 10.0. The minimum Gasteiger partial charge on any atom is -0.508 e. The first kappa shape index (κ1) is 11.1. The van der Waals surface area contributed by atoms with Gasteiger partial charge in [-0.2, -0.15) is 0 Å². The number of hydrogen-bond acceptors (Lipinski definition) is 5. The van der Waals surface area contributed by atoms with Gasteiger partial charge in [0.25, 0.3) is 0 Å². The normalized spacial score (nSPS) is 12.3. The molecule has 1 atom stereocenters. The first-order valence-corrected chi connectivity index (χ1v) is 4.14. The number of benzene rings is 1. The van der Waals surface area contributed by atoms with Crippen molar-refractivity contribution in [2.75, 3.05) is 0 Å². The van der Waals surface area contributed by atoms with Crippen LogP contribution in [0.15, 0.2) is 12.1 Å². The monoisotopic (exact) mass is 213 g/mol. The molecule has 0 aliphatic carbocycles. The lowest BCUT2D eigenvalue weighted by Gasteiger charge is -2.13. The standard InChI is InChI=1S/C9H11NO5/c10-5(3-8(14)15)9-6(12)1-4(11)2-7(9)13/h1-2,5,11-13H,3,10H2,(H,14,15). The zero-order valence-corrected chi connectivity index (χ0v) is 7.71. The van der Waals surface area contributed by atoms with Gasteiger partial charge in [-0.25, -0.2) is 0 Å². The molecule has 0 amide bonds. The topological polar surface area (TPSA) is 124 Å². The molecule has 0 saturated carbocycles. The summed E-state index contributed by atoms with van der Waals surface area (Å²) in [5, 5.41) is 36.2. The molecular formula is C9H11NO5. The van der Waals surface area contributed by atoms with E-state index in [0.29, 0.717) is 0 Å². The zero-order chi connectivity index (χ0) is 11.6. The fourth-order valence-corrected chi connectivity index (χ4v) is 1.28. The van der Waals surface area contributed by atoms with Gasteiger partial charge in [-0.3, -0.25) is 4.79 Å². The smallest absolute Gasteiger partial charge is 0.305 e. The van der Waals surface area contributed by atoms with Gasteiger partial charge < -0.3 is 26.2 Å². The second kappa shape index (κ2) is 4.05. The quantitative estimate of drug-likeness (QED) is 0.491. The summed E-state index contributed by atoms with van der Waals surface area (Å²) >= 11 is 0. The number of aliphatic carboxylic acids is 1. The van der Waals surface area contributed by atoms with Crippen molar-refractivity contribution in [3.8, 4) is 17.2 Å². The van der Waals surface area contributed by atoms with Crippen molar-refractivity contribution in [3.05, 3.63) is 17.7 Å². The largest absolute Gasteiger partial charge is 0.508 e. The Morgan fingerprint density at radius 1 is 1.27 bits per heavy atom. The van der Waals surface area contributed by atoms with E-state index in [9.17, 15) is 15.0 Å². The molecule has 1 aromatic rings. The Morgan fingerprint density at radius 3 is 2.13 bits per heavy atom. The van der Waals surface area contributed by atoms with Crippen LogP contribution in [0, 0.1) is 0 Å². The van der Waals surface area contributed by atoms with Crippen LogP contribution in [-0.4, -0.2) is 26.4 Å². The summed E-state index contributed by atoms with van der Waals surface area (Å²) in [6, 6.07) is 0.941. The Labute approximate surface area is 85.2 Å². The molecule has 1 aromatic carbocycles. The number of hydrogen-bond donors (Lipinski definition) is 5. The number of phenolic OH excluding ortho intramolecular Hbond substituents is 3. The number of carbonyl (C=O) groups is 1. The van der Waals surface area contributed by atoms with E-state index in [-0.39, 0.29) is 11.3 Å². The van der Waals surface area contributed by atoms with E-state index in [0.717, 1.165) is 12.1 Å². The molecule has 1 rings (SSSR count). The van der Waals surface area contributed by atoms with Crippen LogP contribution >= 0.6 is 0 Å². The average molecular weight is 213 g/mol. The van der Waals surface area contributed by atoms with Crippen molar-refractivity contribution in [1.29, 1.82) is 0 Å². The van der Waals surface area contributed by atoms with Crippen LogP contribution in [0.5, 0.6) is 17.2 Å². The predicted molar refractivity (Wildman–Crippen MR) is 50.6 cm³/mol. The summed E-state index contributed by atoms with van der Waals surface area (Å²) < 4.78 is 0. The minimum absolute atomic E-state index is 0.0878. The molecule has 0 heterocycles. The summed E-state index contributed by atoms with van der Waals surface area (Å²) in [6.45, 7) is 0. The highest BCUT2D eigenvalue weighted by atomic mass is 16.4. The van der Waals surface area contributed by atoms with Crippen molar-refractivity contribution in [2.24, 2.45) is 5.73 Å². The number of nitrogens with two attached hydrogens (primary N) is 1. The van der Waals surface area contributed by atoms with Gasteiger partial charge in [-0.1, -0.05) is 0 Å². The second-order valence-electron chi connectivity index (χ2n) is 3.10. The van der Waals surface area contributed by atoms with Crippen molar-refractivity contribution in [3.63, 3.8) is 0 Å². The predicted octanol–water partition coefficient (Wildman–Crippen LogP) is 0.278. The summed E-state index contributed by atoms with van der Waals surface area (Å²) in [5.41, 5.74) is 5.38. The van der Waals surface area contributed by atoms with E-state index in [1.807, 2.05) is 0 Å². The number of phenols is 3. The van der Waals surface area contributed by atoms with E-state index >= 15 is 0 Å². The summed E-state index contributed by atoms with van der Waals surface area (Å²) in [5.74, 6) is -2.33. The Hall–Kier alpha value is -1.95. The van der Waals surface area contributed by atoms with Gasteiger partial charge in [0.05, 0.1) is 12.0 Å². The van der Waals surface area contributed by atoms with Crippen LogP contribution in [0.4, 0.5) is 0 Å². The van der Waals surface area contributed by atoms with E-state index in [1.165, 1.54) is 0 Å². The van der Waals surface area contributed by atoms with Crippen molar-refractivity contribution in [1.82, 2.24) is 0 Å². The van der Waals surface area contributed by atoms with Gasteiger partial charge in [0, 0.05) is 18.2 Å². The third-order valence-electron chi connectivity index (χ3n) is 1.89. The molecule has 0 aromatic heterocycles. The molecule has 0 spiro atoms. The highest BCUT2D eigenvalue weighted by Crippen LogP contribution is 2.36. The van der Waals surface area contributed by atoms with Crippen LogP contribution in [-0.2, 0) is 4.79 Å². The third-order valence-corrected chi connectivity index (χ3v) is 1.89. The van der Waals surface area contributed by atoms with Crippen LogP contribution in [0.2, 0.25) is 0 Å². The summed E-state index contributed by atoms with van der Waals surface area (Å²) in [4.78, 5) is 10.4. The number of rotatable bonds is 3. The SMILES string of the molecule is NC(CC(=O)O)c1c(O)cc(O)cc1O. The fourth-order valence-electron chi connectivity index (χ4n) is 1.28. The van der Waals surface area contributed by atoms with Gasteiger partial charge in [-0.15, -0.1) is 0 Å². The molecule has 0 bridgehead atoms. The Morgan fingerprint density at radius 2 is 1.73 bits per heavy atom. The fraction of sp³-hybridized carbons (Fsp3) is 0.222.